The first-order valence-electron chi connectivity index (χ1n) is 4.64. The van der Waals surface area contributed by atoms with Crippen molar-refractivity contribution in [2.75, 3.05) is 0 Å². The van der Waals surface area contributed by atoms with Crippen LogP contribution in [0.2, 0.25) is 0 Å². The Bertz CT molecular complexity index is 601. The number of sulfonamides is 1. The molecule has 1 aromatic rings. The number of phenolic OH excluding ortho intramolecular Hbond substituents is 1. The molecule has 6 nitrogen and oxygen atoms in total. The van der Waals surface area contributed by atoms with Crippen molar-refractivity contribution >= 4 is 10.0 Å². The normalized spacial score (nSPS) is 10.6. The molecule has 0 saturated heterocycles. The minimum absolute atomic E-state index is 0.402. The lowest BCUT2D eigenvalue weighted by atomic mass is 10.1. The van der Waals surface area contributed by atoms with Gasteiger partial charge in [-0.2, -0.15) is 0 Å². The fraction of sp³-hybridized carbons (Fsp3) is 0.200. The highest BCUT2D eigenvalue weighted by Crippen LogP contribution is 2.26. The molecule has 90 valence electrons. The molecule has 0 aromatic heterocycles. The molecule has 0 aliphatic rings. The summed E-state index contributed by atoms with van der Waals surface area (Å²) in [6, 6.07) is 4.06. The van der Waals surface area contributed by atoms with Crippen LogP contribution in [0.5, 0.6) is 5.75 Å². The van der Waals surface area contributed by atoms with Gasteiger partial charge in [-0.15, -0.1) is 0 Å². The molecule has 7 heteroatoms. The number of aromatic hydroxyl groups is 1. The predicted octanol–water partition coefficient (Wildman–Crippen LogP) is 2.51. The number of benzene rings is 1. The molecule has 0 heterocycles. The van der Waals surface area contributed by atoms with Gasteiger partial charge in [-0.25, -0.2) is 8.42 Å². The van der Waals surface area contributed by atoms with E-state index in [0.717, 1.165) is 11.1 Å². The highest BCUT2D eigenvalue weighted by Gasteiger charge is 2.17. The molecule has 1 rings (SSSR count). The summed E-state index contributed by atoms with van der Waals surface area (Å²) in [5, 5.41) is 9.57. The van der Waals surface area contributed by atoms with Gasteiger partial charge in [-0.1, -0.05) is 18.2 Å². The van der Waals surface area contributed by atoms with Crippen LogP contribution >= 0.6 is 0 Å². The largest absolute Gasteiger partial charge is 0.507 e. The lowest BCUT2D eigenvalue weighted by Gasteiger charge is -2.05. The van der Waals surface area contributed by atoms with E-state index in [1.54, 1.807) is 0 Å². The van der Waals surface area contributed by atoms with Gasteiger partial charge in [0.15, 0.2) is 0 Å². The fourth-order valence-electron chi connectivity index (χ4n) is 1.33. The Hall–Kier alpha value is -1.98. The van der Waals surface area contributed by atoms with Crippen molar-refractivity contribution in [3.05, 3.63) is 46.4 Å². The second-order valence-corrected chi connectivity index (χ2v) is 5.14. The van der Waals surface area contributed by atoms with Gasteiger partial charge >= 0.3 is 0 Å². The molecular weight excluding hydrogens is 242 g/mol. The van der Waals surface area contributed by atoms with Crippen molar-refractivity contribution in [3.63, 3.8) is 0 Å². The minimum atomic E-state index is -4.15. The topological polar surface area (TPSA) is 103 Å². The molecule has 0 aliphatic carbocycles. The molecule has 0 spiro atoms. The molecule has 17 heavy (non-hydrogen) atoms. The third-order valence-electron chi connectivity index (χ3n) is 1.95. The summed E-state index contributed by atoms with van der Waals surface area (Å²) in [5.74, 6) is -0.434. The Morgan fingerprint density at radius 1 is 1.59 bits per heavy atom. The van der Waals surface area contributed by atoms with Crippen molar-refractivity contribution in [2.24, 2.45) is 4.52 Å². The molecular formula is C10H11N3O3S. The predicted molar refractivity (Wildman–Crippen MR) is 63.0 cm³/mol. The van der Waals surface area contributed by atoms with E-state index in [9.17, 15) is 13.5 Å². The van der Waals surface area contributed by atoms with Crippen LogP contribution in [0.1, 0.15) is 12.5 Å². The van der Waals surface area contributed by atoms with E-state index >= 15 is 0 Å². The molecule has 0 atom stereocenters. The SMILES string of the molecule is C=C(C)Cc1ccc(S(=O)(=O)N=[N+]=[N-])c(O)c1. The number of phenols is 1. The average molecular weight is 253 g/mol. The van der Waals surface area contributed by atoms with Crippen molar-refractivity contribution < 1.29 is 13.5 Å². The third kappa shape index (κ3) is 3.24. The van der Waals surface area contributed by atoms with E-state index < -0.39 is 20.7 Å². The Morgan fingerprint density at radius 3 is 2.71 bits per heavy atom. The zero-order chi connectivity index (χ0) is 13.1. The number of azide groups is 1. The van der Waals surface area contributed by atoms with Crippen molar-refractivity contribution in [1.82, 2.24) is 0 Å². The Labute approximate surface area is 98.9 Å². The lowest BCUT2D eigenvalue weighted by molar-refractivity contribution is 0.458. The van der Waals surface area contributed by atoms with Crippen LogP contribution in [0, 0.1) is 0 Å². The summed E-state index contributed by atoms with van der Waals surface area (Å²) in [6.45, 7) is 5.54. The molecule has 1 aromatic carbocycles. The highest BCUT2D eigenvalue weighted by molar-refractivity contribution is 7.90. The molecule has 0 amide bonds. The maximum absolute atomic E-state index is 11.4. The minimum Gasteiger partial charge on any atom is -0.507 e. The van der Waals surface area contributed by atoms with Crippen molar-refractivity contribution in [3.8, 4) is 5.75 Å². The zero-order valence-corrected chi connectivity index (χ0v) is 9.98. The second-order valence-electron chi connectivity index (χ2n) is 3.58. The van der Waals surface area contributed by atoms with E-state index in [0.29, 0.717) is 6.42 Å². The summed E-state index contributed by atoms with van der Waals surface area (Å²) in [5.41, 5.74) is 9.73. The number of hydrogen-bond donors (Lipinski definition) is 1. The number of hydrogen-bond acceptors (Lipinski definition) is 3. The highest BCUT2D eigenvalue weighted by atomic mass is 32.2. The zero-order valence-electron chi connectivity index (χ0n) is 9.16. The standard InChI is InChI=1S/C10H11N3O3S/c1-7(2)5-8-3-4-10(9(14)6-8)17(15,16)13-12-11/h3-4,6,14H,1,5H2,2H3. The Morgan fingerprint density at radius 2 is 2.24 bits per heavy atom. The van der Waals surface area contributed by atoms with Crippen LogP contribution < -0.4 is 0 Å². The second kappa shape index (κ2) is 4.90. The van der Waals surface area contributed by atoms with Crippen LogP contribution in [-0.4, -0.2) is 13.5 Å². The van der Waals surface area contributed by atoms with E-state index in [-0.39, 0.29) is 0 Å². The molecule has 1 N–H and O–H groups in total. The fourth-order valence-corrected chi connectivity index (χ4v) is 2.08. The van der Waals surface area contributed by atoms with E-state index in [2.05, 4.69) is 16.0 Å². The number of allylic oxidation sites excluding steroid dienone is 1. The summed E-state index contributed by atoms with van der Waals surface area (Å²) in [6.07, 6.45) is 0.537. The number of rotatable bonds is 4. The summed E-state index contributed by atoms with van der Waals surface area (Å²) in [7, 11) is -4.15. The first-order chi connectivity index (χ1) is 7.86. The van der Waals surface area contributed by atoms with Gasteiger partial charge in [0.1, 0.15) is 10.6 Å². The van der Waals surface area contributed by atoms with Crippen molar-refractivity contribution in [1.29, 1.82) is 0 Å². The smallest absolute Gasteiger partial charge is 0.267 e. The van der Waals surface area contributed by atoms with Gasteiger partial charge in [0.2, 0.25) is 0 Å². The van der Waals surface area contributed by atoms with E-state index in [4.69, 9.17) is 5.53 Å². The third-order valence-corrected chi connectivity index (χ3v) is 3.14. The van der Waals surface area contributed by atoms with Gasteiger partial charge < -0.3 is 5.11 Å². The summed E-state index contributed by atoms with van der Waals surface area (Å²) < 4.78 is 25.4. The van der Waals surface area contributed by atoms with Gasteiger partial charge in [0.25, 0.3) is 10.0 Å². The van der Waals surface area contributed by atoms with Crippen LogP contribution in [0.25, 0.3) is 10.4 Å². The molecule has 0 unspecified atom stereocenters. The van der Waals surface area contributed by atoms with Gasteiger partial charge in [0.05, 0.1) is 0 Å². The van der Waals surface area contributed by atoms with E-state index in [1.807, 2.05) is 6.92 Å². The summed E-state index contributed by atoms with van der Waals surface area (Å²) in [4.78, 5) is 1.81. The van der Waals surface area contributed by atoms with Crippen LogP contribution in [-0.2, 0) is 16.4 Å². The first kappa shape index (κ1) is 13.1. The molecule has 0 saturated carbocycles. The Kier molecular flexibility index (Phi) is 3.77. The maximum atomic E-state index is 11.4. The van der Waals surface area contributed by atoms with Gasteiger partial charge in [-0.05, 0) is 36.6 Å². The monoisotopic (exact) mass is 253 g/mol. The maximum Gasteiger partial charge on any atom is 0.267 e. The van der Waals surface area contributed by atoms with Gasteiger partial charge in [-0.3, -0.25) is 0 Å². The molecule has 0 radical (unpaired) electrons. The number of nitrogens with zero attached hydrogens (tertiary/aromatic N) is 3. The molecule has 0 fully saturated rings. The van der Waals surface area contributed by atoms with E-state index in [1.165, 1.54) is 18.2 Å². The van der Waals surface area contributed by atoms with Crippen LogP contribution in [0.3, 0.4) is 0 Å². The molecule has 0 aliphatic heterocycles. The van der Waals surface area contributed by atoms with Crippen LogP contribution in [0.15, 0.2) is 39.8 Å². The quantitative estimate of drug-likeness (QED) is 0.386. The lowest BCUT2D eigenvalue weighted by Crippen LogP contribution is -1.97. The Balaban J connectivity index is 3.23. The first-order valence-corrected chi connectivity index (χ1v) is 6.08. The van der Waals surface area contributed by atoms with Crippen molar-refractivity contribution in [2.45, 2.75) is 18.2 Å². The van der Waals surface area contributed by atoms with Gasteiger partial charge in [0, 0.05) is 9.43 Å². The summed E-state index contributed by atoms with van der Waals surface area (Å²) >= 11 is 0. The average Bonchev–Trinajstić information content (AvgIpc) is 2.15. The van der Waals surface area contributed by atoms with Crippen LogP contribution in [0.4, 0.5) is 0 Å². The molecule has 0 bridgehead atoms.